The monoisotopic (exact) mass is 225 g/mol. The van der Waals surface area contributed by atoms with E-state index in [2.05, 4.69) is 25.2 Å². The van der Waals surface area contributed by atoms with E-state index >= 15 is 0 Å². The molecule has 1 heterocycles. The van der Waals surface area contributed by atoms with E-state index in [1.165, 1.54) is 0 Å². The largest absolute Gasteiger partial charge is 0.465 e. The number of ether oxygens (including phenoxy) is 1. The molecule has 3 heteroatoms. The first-order chi connectivity index (χ1) is 7.69. The minimum atomic E-state index is 0.286. The van der Waals surface area contributed by atoms with Gasteiger partial charge in [-0.1, -0.05) is 13.8 Å². The van der Waals surface area contributed by atoms with Crippen LogP contribution in [0.3, 0.4) is 0 Å². The van der Waals surface area contributed by atoms with Crippen LogP contribution in [0.5, 0.6) is 0 Å². The van der Waals surface area contributed by atoms with Crippen LogP contribution in [0.15, 0.2) is 16.5 Å². The Morgan fingerprint density at radius 3 is 2.69 bits per heavy atom. The zero-order valence-corrected chi connectivity index (χ0v) is 10.7. The van der Waals surface area contributed by atoms with Crippen molar-refractivity contribution in [2.24, 2.45) is 5.92 Å². The standard InChI is InChI=1S/C13H23NO2/c1-5-14-13(10(2)8-9-15-4)12-7-6-11(3)16-12/h6-7,10,13-14H,5,8-9H2,1-4H3. The molecule has 1 N–H and O–H groups in total. The van der Waals surface area contributed by atoms with Gasteiger partial charge in [-0.2, -0.15) is 0 Å². The first-order valence-electron chi connectivity index (χ1n) is 5.97. The highest BCUT2D eigenvalue weighted by molar-refractivity contribution is 5.10. The van der Waals surface area contributed by atoms with Crippen molar-refractivity contribution in [3.8, 4) is 0 Å². The van der Waals surface area contributed by atoms with Gasteiger partial charge in [-0.05, 0) is 37.9 Å². The highest BCUT2D eigenvalue weighted by Crippen LogP contribution is 2.25. The normalized spacial score (nSPS) is 15.0. The molecule has 0 fully saturated rings. The first kappa shape index (κ1) is 13.3. The lowest BCUT2D eigenvalue weighted by Gasteiger charge is -2.22. The van der Waals surface area contributed by atoms with Crippen LogP contribution in [0.1, 0.15) is 37.8 Å². The molecule has 3 nitrogen and oxygen atoms in total. The molecule has 1 aromatic rings. The molecule has 16 heavy (non-hydrogen) atoms. The van der Waals surface area contributed by atoms with Gasteiger partial charge in [-0.15, -0.1) is 0 Å². The van der Waals surface area contributed by atoms with Crippen molar-refractivity contribution >= 4 is 0 Å². The number of furan rings is 1. The van der Waals surface area contributed by atoms with Crippen molar-refractivity contribution in [2.75, 3.05) is 20.3 Å². The third-order valence-electron chi connectivity index (χ3n) is 2.84. The van der Waals surface area contributed by atoms with Crippen LogP contribution in [0.25, 0.3) is 0 Å². The van der Waals surface area contributed by atoms with Crippen LogP contribution in [0.4, 0.5) is 0 Å². The molecule has 0 aliphatic heterocycles. The Kier molecular flexibility index (Phi) is 5.56. The van der Waals surface area contributed by atoms with Crippen molar-refractivity contribution in [3.05, 3.63) is 23.7 Å². The maximum absolute atomic E-state index is 5.70. The van der Waals surface area contributed by atoms with Crippen LogP contribution >= 0.6 is 0 Å². The predicted octanol–water partition coefficient (Wildman–Crippen LogP) is 2.91. The molecule has 2 unspecified atom stereocenters. The van der Waals surface area contributed by atoms with E-state index in [0.29, 0.717) is 5.92 Å². The quantitative estimate of drug-likeness (QED) is 0.774. The molecule has 0 saturated heterocycles. The van der Waals surface area contributed by atoms with Crippen LogP contribution in [0.2, 0.25) is 0 Å². The highest BCUT2D eigenvalue weighted by Gasteiger charge is 2.20. The number of hydrogen-bond acceptors (Lipinski definition) is 3. The summed E-state index contributed by atoms with van der Waals surface area (Å²) in [5.74, 6) is 2.50. The summed E-state index contributed by atoms with van der Waals surface area (Å²) < 4.78 is 10.8. The Bertz CT molecular complexity index is 296. The molecule has 92 valence electrons. The van der Waals surface area contributed by atoms with Crippen molar-refractivity contribution in [2.45, 2.75) is 33.2 Å². The van der Waals surface area contributed by atoms with Gasteiger partial charge in [0.25, 0.3) is 0 Å². The van der Waals surface area contributed by atoms with Crippen LogP contribution < -0.4 is 5.32 Å². The number of nitrogens with one attached hydrogen (secondary N) is 1. The topological polar surface area (TPSA) is 34.4 Å². The molecule has 0 amide bonds. The van der Waals surface area contributed by atoms with E-state index in [0.717, 1.165) is 31.1 Å². The van der Waals surface area contributed by atoms with E-state index in [-0.39, 0.29) is 6.04 Å². The summed E-state index contributed by atoms with van der Waals surface area (Å²) in [5.41, 5.74) is 0. The van der Waals surface area contributed by atoms with Crippen molar-refractivity contribution in [1.29, 1.82) is 0 Å². The Labute approximate surface area is 98.2 Å². The van der Waals surface area contributed by atoms with E-state index in [4.69, 9.17) is 9.15 Å². The number of rotatable bonds is 7. The van der Waals surface area contributed by atoms with E-state index in [1.54, 1.807) is 7.11 Å². The minimum Gasteiger partial charge on any atom is -0.465 e. The van der Waals surface area contributed by atoms with E-state index < -0.39 is 0 Å². The first-order valence-corrected chi connectivity index (χ1v) is 5.97. The molecule has 0 aliphatic rings. The smallest absolute Gasteiger partial charge is 0.121 e. The second-order valence-corrected chi connectivity index (χ2v) is 4.24. The van der Waals surface area contributed by atoms with Gasteiger partial charge in [0, 0.05) is 13.7 Å². The van der Waals surface area contributed by atoms with Gasteiger partial charge in [0.15, 0.2) is 0 Å². The zero-order chi connectivity index (χ0) is 12.0. The fourth-order valence-electron chi connectivity index (χ4n) is 1.89. The maximum Gasteiger partial charge on any atom is 0.121 e. The molecule has 0 aromatic carbocycles. The average molecular weight is 225 g/mol. The number of hydrogen-bond donors (Lipinski definition) is 1. The summed E-state index contributed by atoms with van der Waals surface area (Å²) in [6, 6.07) is 4.36. The molecule has 0 saturated carbocycles. The third kappa shape index (κ3) is 3.65. The van der Waals surface area contributed by atoms with Crippen molar-refractivity contribution in [3.63, 3.8) is 0 Å². The molecular weight excluding hydrogens is 202 g/mol. The summed E-state index contributed by atoms with van der Waals surface area (Å²) in [7, 11) is 1.74. The fraction of sp³-hybridized carbons (Fsp3) is 0.692. The fourth-order valence-corrected chi connectivity index (χ4v) is 1.89. The Morgan fingerprint density at radius 1 is 1.44 bits per heavy atom. The summed E-state index contributed by atoms with van der Waals surface area (Å²) >= 11 is 0. The molecule has 1 aromatic heterocycles. The van der Waals surface area contributed by atoms with Gasteiger partial charge in [0.05, 0.1) is 6.04 Å². The molecular formula is C13H23NO2. The third-order valence-corrected chi connectivity index (χ3v) is 2.84. The van der Waals surface area contributed by atoms with Gasteiger partial charge >= 0.3 is 0 Å². The molecule has 0 radical (unpaired) electrons. The zero-order valence-electron chi connectivity index (χ0n) is 10.7. The van der Waals surface area contributed by atoms with Crippen LogP contribution in [-0.2, 0) is 4.74 Å². The van der Waals surface area contributed by atoms with Gasteiger partial charge < -0.3 is 14.5 Å². The van der Waals surface area contributed by atoms with Crippen molar-refractivity contribution < 1.29 is 9.15 Å². The van der Waals surface area contributed by atoms with Gasteiger partial charge in [0.2, 0.25) is 0 Å². The maximum atomic E-state index is 5.70. The van der Waals surface area contributed by atoms with Gasteiger partial charge in [0.1, 0.15) is 11.5 Å². The van der Waals surface area contributed by atoms with E-state index in [9.17, 15) is 0 Å². The lowest BCUT2D eigenvalue weighted by atomic mass is 9.96. The average Bonchev–Trinajstić information content (AvgIpc) is 2.69. The Hall–Kier alpha value is -0.800. The lowest BCUT2D eigenvalue weighted by molar-refractivity contribution is 0.166. The SMILES string of the molecule is CCNC(c1ccc(C)o1)C(C)CCOC. The highest BCUT2D eigenvalue weighted by atomic mass is 16.5. The Morgan fingerprint density at radius 2 is 2.19 bits per heavy atom. The van der Waals surface area contributed by atoms with E-state index in [1.807, 2.05) is 13.0 Å². The van der Waals surface area contributed by atoms with Crippen LogP contribution in [0, 0.1) is 12.8 Å². The summed E-state index contributed by atoms with van der Waals surface area (Å²) in [6.45, 7) is 8.06. The van der Waals surface area contributed by atoms with Crippen molar-refractivity contribution in [1.82, 2.24) is 5.32 Å². The summed E-state index contributed by atoms with van der Waals surface area (Å²) in [5, 5.41) is 3.47. The summed E-state index contributed by atoms with van der Waals surface area (Å²) in [4.78, 5) is 0. The second-order valence-electron chi connectivity index (χ2n) is 4.24. The molecule has 0 aliphatic carbocycles. The minimum absolute atomic E-state index is 0.286. The number of methoxy groups -OCH3 is 1. The molecule has 0 bridgehead atoms. The summed E-state index contributed by atoms with van der Waals surface area (Å²) in [6.07, 6.45) is 1.04. The molecule has 0 spiro atoms. The predicted molar refractivity (Wildman–Crippen MR) is 65.5 cm³/mol. The lowest BCUT2D eigenvalue weighted by Crippen LogP contribution is -2.27. The Balaban J connectivity index is 2.66. The van der Waals surface area contributed by atoms with Gasteiger partial charge in [-0.3, -0.25) is 0 Å². The molecule has 1 rings (SSSR count). The van der Waals surface area contributed by atoms with Crippen LogP contribution in [-0.4, -0.2) is 20.3 Å². The second kappa shape index (κ2) is 6.71. The molecule has 2 atom stereocenters. The van der Waals surface area contributed by atoms with Gasteiger partial charge in [-0.25, -0.2) is 0 Å². The number of aryl methyl sites for hydroxylation is 1.